The SMILES string of the molecule is COc1ccc(NC(=O)N(C)C[C@@H]2Oc3ccc(NC(=O)NC(C)C)cc3CC(=O)N([C@H](C)CO)C[C@@H]2C)cc1. The van der Waals surface area contributed by atoms with E-state index in [2.05, 4.69) is 16.0 Å². The fraction of sp³-hybridized carbons (Fsp3) is 0.483. The lowest BCUT2D eigenvalue weighted by Crippen LogP contribution is -2.48. The van der Waals surface area contributed by atoms with Crippen molar-refractivity contribution in [3.8, 4) is 11.5 Å². The Labute approximate surface area is 235 Å². The predicted molar refractivity (Wildman–Crippen MR) is 154 cm³/mol. The van der Waals surface area contributed by atoms with Crippen LogP contribution in [-0.4, -0.2) is 84.9 Å². The smallest absolute Gasteiger partial charge is 0.321 e. The van der Waals surface area contributed by atoms with Gasteiger partial charge < -0.3 is 40.3 Å². The van der Waals surface area contributed by atoms with Crippen LogP contribution in [0, 0.1) is 5.92 Å². The highest BCUT2D eigenvalue weighted by molar-refractivity contribution is 5.90. The quantitative estimate of drug-likeness (QED) is 0.394. The van der Waals surface area contributed by atoms with Crippen LogP contribution >= 0.6 is 0 Å². The number of ether oxygens (including phenoxy) is 2. The number of methoxy groups -OCH3 is 1. The molecular weight excluding hydrogens is 514 g/mol. The lowest BCUT2D eigenvalue weighted by atomic mass is 10.0. The zero-order valence-corrected chi connectivity index (χ0v) is 24.1. The summed E-state index contributed by atoms with van der Waals surface area (Å²) in [5.74, 6) is 0.860. The van der Waals surface area contributed by atoms with E-state index in [1.807, 2.05) is 20.8 Å². The normalized spacial score (nSPS) is 17.9. The average molecular weight is 556 g/mol. The molecule has 0 aliphatic carbocycles. The van der Waals surface area contributed by atoms with E-state index in [4.69, 9.17) is 9.47 Å². The number of fused-ring (bicyclic) bond motifs is 1. The first-order valence-corrected chi connectivity index (χ1v) is 13.4. The molecule has 40 heavy (non-hydrogen) atoms. The van der Waals surface area contributed by atoms with Crippen molar-refractivity contribution in [1.29, 1.82) is 0 Å². The topological polar surface area (TPSA) is 132 Å². The third kappa shape index (κ3) is 8.25. The molecule has 1 aliphatic rings. The van der Waals surface area contributed by atoms with Crippen molar-refractivity contribution < 1.29 is 29.0 Å². The van der Waals surface area contributed by atoms with Crippen LogP contribution < -0.4 is 25.4 Å². The van der Waals surface area contributed by atoms with E-state index in [0.29, 0.717) is 35.0 Å². The molecule has 0 radical (unpaired) electrons. The second kappa shape index (κ2) is 13.9. The van der Waals surface area contributed by atoms with E-state index in [0.717, 1.165) is 0 Å². The minimum atomic E-state index is -0.465. The molecule has 0 unspecified atom stereocenters. The summed E-state index contributed by atoms with van der Waals surface area (Å²) in [4.78, 5) is 41.8. The summed E-state index contributed by atoms with van der Waals surface area (Å²) >= 11 is 0. The first-order valence-electron chi connectivity index (χ1n) is 13.4. The second-order valence-corrected chi connectivity index (χ2v) is 10.5. The van der Waals surface area contributed by atoms with Crippen molar-refractivity contribution in [3.05, 3.63) is 48.0 Å². The van der Waals surface area contributed by atoms with Gasteiger partial charge in [0.05, 0.1) is 32.7 Å². The van der Waals surface area contributed by atoms with Crippen molar-refractivity contribution in [2.75, 3.05) is 44.5 Å². The van der Waals surface area contributed by atoms with Crippen LogP contribution in [0.15, 0.2) is 42.5 Å². The summed E-state index contributed by atoms with van der Waals surface area (Å²) in [6.45, 7) is 7.89. The van der Waals surface area contributed by atoms with E-state index < -0.39 is 12.1 Å². The lowest BCUT2D eigenvalue weighted by molar-refractivity contribution is -0.134. The van der Waals surface area contributed by atoms with Crippen LogP contribution in [0.5, 0.6) is 11.5 Å². The molecule has 11 heteroatoms. The number of aliphatic hydroxyl groups excluding tert-OH is 1. The summed E-state index contributed by atoms with van der Waals surface area (Å²) in [7, 11) is 3.26. The predicted octanol–water partition coefficient (Wildman–Crippen LogP) is 3.54. The molecule has 0 saturated carbocycles. The molecule has 0 aromatic heterocycles. The van der Waals surface area contributed by atoms with Crippen molar-refractivity contribution in [3.63, 3.8) is 0 Å². The minimum absolute atomic E-state index is 0.0348. The van der Waals surface area contributed by atoms with Gasteiger partial charge in [-0.3, -0.25) is 4.79 Å². The standard InChI is InChI=1S/C29H41N5O6/c1-18(2)30-28(37)31-23-9-12-25-21(13-23)14-27(36)34(20(4)17-35)15-19(3)26(40-25)16-33(5)29(38)32-22-7-10-24(39-6)11-8-22/h7-13,18-20,26,35H,14-17H2,1-6H3,(H,32,38)(H2,30,31,37)/t19-,20+,26-/m0/s1. The van der Waals surface area contributed by atoms with E-state index in [1.165, 1.54) is 4.90 Å². The first-order chi connectivity index (χ1) is 19.0. The number of nitrogens with one attached hydrogen (secondary N) is 3. The highest BCUT2D eigenvalue weighted by Crippen LogP contribution is 2.29. The van der Waals surface area contributed by atoms with Crippen LogP contribution in [0.2, 0.25) is 0 Å². The van der Waals surface area contributed by atoms with E-state index in [9.17, 15) is 19.5 Å². The molecule has 2 aromatic carbocycles. The van der Waals surface area contributed by atoms with E-state index in [-0.39, 0.29) is 49.5 Å². The largest absolute Gasteiger partial charge is 0.497 e. The van der Waals surface area contributed by atoms with Crippen LogP contribution in [0.25, 0.3) is 0 Å². The Morgan fingerprint density at radius 3 is 2.42 bits per heavy atom. The Morgan fingerprint density at radius 1 is 1.12 bits per heavy atom. The minimum Gasteiger partial charge on any atom is -0.497 e. The Balaban J connectivity index is 1.84. The molecule has 3 rings (SSSR count). The number of urea groups is 2. The van der Waals surface area contributed by atoms with Gasteiger partial charge in [-0.05, 0) is 63.2 Å². The van der Waals surface area contributed by atoms with Gasteiger partial charge in [-0.1, -0.05) is 6.92 Å². The van der Waals surface area contributed by atoms with Gasteiger partial charge in [0, 0.05) is 42.5 Å². The number of hydrogen-bond acceptors (Lipinski definition) is 6. The average Bonchev–Trinajstić information content (AvgIpc) is 2.95. The van der Waals surface area contributed by atoms with Gasteiger partial charge in [0.15, 0.2) is 0 Å². The third-order valence-electron chi connectivity index (χ3n) is 6.74. The number of aliphatic hydroxyl groups is 1. The fourth-order valence-corrected chi connectivity index (χ4v) is 4.40. The number of hydrogen-bond donors (Lipinski definition) is 4. The van der Waals surface area contributed by atoms with Gasteiger partial charge >= 0.3 is 12.1 Å². The second-order valence-electron chi connectivity index (χ2n) is 10.5. The summed E-state index contributed by atoms with van der Waals surface area (Å²) in [6, 6.07) is 11.1. The number of carbonyl (C=O) groups is 3. The number of carbonyl (C=O) groups excluding carboxylic acids is 3. The molecule has 1 heterocycles. The molecule has 11 nitrogen and oxygen atoms in total. The molecule has 4 N–H and O–H groups in total. The summed E-state index contributed by atoms with van der Waals surface area (Å²) in [5.41, 5.74) is 1.75. The summed E-state index contributed by atoms with van der Waals surface area (Å²) in [6.07, 6.45) is -0.429. The molecular formula is C29H41N5O6. The lowest BCUT2D eigenvalue weighted by Gasteiger charge is -2.34. The van der Waals surface area contributed by atoms with Crippen molar-refractivity contribution >= 4 is 29.3 Å². The summed E-state index contributed by atoms with van der Waals surface area (Å²) < 4.78 is 11.6. The van der Waals surface area contributed by atoms with Crippen LogP contribution in [0.4, 0.5) is 21.0 Å². The zero-order valence-electron chi connectivity index (χ0n) is 24.1. The van der Waals surface area contributed by atoms with E-state index >= 15 is 0 Å². The maximum atomic E-state index is 13.4. The maximum Gasteiger partial charge on any atom is 0.321 e. The van der Waals surface area contributed by atoms with Gasteiger partial charge in [0.25, 0.3) is 0 Å². The third-order valence-corrected chi connectivity index (χ3v) is 6.74. The van der Waals surface area contributed by atoms with Crippen LogP contribution in [0.1, 0.15) is 33.3 Å². The number of nitrogens with zero attached hydrogens (tertiary/aromatic N) is 2. The van der Waals surface area contributed by atoms with Gasteiger partial charge in [-0.15, -0.1) is 0 Å². The number of likely N-dealkylation sites (N-methyl/N-ethyl adjacent to an activating group) is 1. The molecule has 3 atom stereocenters. The van der Waals surface area contributed by atoms with Gasteiger partial charge in [-0.25, -0.2) is 9.59 Å². The van der Waals surface area contributed by atoms with E-state index in [1.54, 1.807) is 68.4 Å². The van der Waals surface area contributed by atoms with Crippen molar-refractivity contribution in [2.45, 2.75) is 52.3 Å². The highest BCUT2D eigenvalue weighted by atomic mass is 16.5. The summed E-state index contributed by atoms with van der Waals surface area (Å²) in [5, 5.41) is 18.3. The number of benzene rings is 2. The zero-order chi connectivity index (χ0) is 29.4. The molecule has 218 valence electrons. The molecule has 0 bridgehead atoms. The monoisotopic (exact) mass is 555 g/mol. The van der Waals surface area contributed by atoms with Crippen molar-refractivity contribution in [2.24, 2.45) is 5.92 Å². The van der Waals surface area contributed by atoms with Gasteiger partial charge in [0.2, 0.25) is 5.91 Å². The Morgan fingerprint density at radius 2 is 1.80 bits per heavy atom. The van der Waals surface area contributed by atoms with Crippen molar-refractivity contribution in [1.82, 2.24) is 15.1 Å². The molecule has 5 amide bonds. The maximum absolute atomic E-state index is 13.4. The highest BCUT2D eigenvalue weighted by Gasteiger charge is 2.32. The molecule has 0 fully saturated rings. The number of amides is 5. The first kappa shape index (κ1) is 30.6. The van der Waals surface area contributed by atoms with Gasteiger partial charge in [0.1, 0.15) is 17.6 Å². The number of anilines is 2. The van der Waals surface area contributed by atoms with Crippen LogP contribution in [0.3, 0.4) is 0 Å². The number of rotatable bonds is 8. The molecule has 2 aromatic rings. The Bertz CT molecular complexity index is 1170. The Hall–Kier alpha value is -3.99. The van der Waals surface area contributed by atoms with Crippen LogP contribution in [-0.2, 0) is 11.2 Å². The van der Waals surface area contributed by atoms with Gasteiger partial charge in [-0.2, -0.15) is 0 Å². The molecule has 1 aliphatic heterocycles. The molecule has 0 spiro atoms. The Kier molecular flexibility index (Phi) is 10.6. The molecule has 0 saturated heterocycles. The fourth-order valence-electron chi connectivity index (χ4n) is 4.40.